The third kappa shape index (κ3) is 5.38. The van der Waals surface area contributed by atoms with Gasteiger partial charge >= 0.3 is 0 Å². The van der Waals surface area contributed by atoms with E-state index in [0.717, 1.165) is 6.42 Å². The van der Waals surface area contributed by atoms with Crippen LogP contribution in [0.1, 0.15) is 68.7 Å². The van der Waals surface area contributed by atoms with E-state index < -0.39 is 0 Å². The Hall–Kier alpha value is -1.56. The highest BCUT2D eigenvalue weighted by atomic mass is 14.1. The lowest BCUT2D eigenvalue weighted by Gasteiger charge is -2.13. The molecule has 2 aromatic rings. The molecule has 0 saturated heterocycles. The maximum absolute atomic E-state index is 2.31. The van der Waals surface area contributed by atoms with Gasteiger partial charge in [0.15, 0.2) is 0 Å². The molecule has 0 N–H and O–H groups in total. The Labute approximate surface area is 131 Å². The average Bonchev–Trinajstić information content (AvgIpc) is 2.50. The highest BCUT2D eigenvalue weighted by Gasteiger charge is 2.07. The largest absolute Gasteiger partial charge is 0.0683 e. The van der Waals surface area contributed by atoms with Gasteiger partial charge in [0.25, 0.3) is 0 Å². The van der Waals surface area contributed by atoms with Crippen molar-refractivity contribution in [3.63, 3.8) is 0 Å². The molecule has 0 radical (unpaired) electrons. The maximum Gasteiger partial charge on any atom is -0.0150 e. The van der Waals surface area contributed by atoms with E-state index in [0.29, 0.717) is 11.8 Å². The van der Waals surface area contributed by atoms with Crippen LogP contribution in [0.2, 0.25) is 0 Å². The lowest BCUT2D eigenvalue weighted by Crippen LogP contribution is -1.99. The third-order valence-electron chi connectivity index (χ3n) is 3.80. The second kappa shape index (κ2) is 8.67. The van der Waals surface area contributed by atoms with E-state index in [1.54, 1.807) is 0 Å². The number of rotatable bonds is 4. The van der Waals surface area contributed by atoms with Crippen molar-refractivity contribution in [2.45, 2.75) is 59.8 Å². The van der Waals surface area contributed by atoms with Gasteiger partial charge in [0.2, 0.25) is 0 Å². The fourth-order valence-corrected chi connectivity index (χ4v) is 2.49. The molecule has 2 aromatic carbocycles. The fourth-order valence-electron chi connectivity index (χ4n) is 2.49. The van der Waals surface area contributed by atoms with Crippen LogP contribution in [0.25, 0.3) is 0 Å². The van der Waals surface area contributed by atoms with Crippen molar-refractivity contribution in [2.24, 2.45) is 0 Å². The van der Waals surface area contributed by atoms with Crippen LogP contribution in [0, 0.1) is 6.92 Å². The molecule has 0 saturated carbocycles. The van der Waals surface area contributed by atoms with Crippen LogP contribution in [0.15, 0.2) is 48.5 Å². The molecule has 0 fully saturated rings. The molecule has 0 amide bonds. The zero-order valence-electron chi connectivity index (χ0n) is 14.5. The van der Waals surface area contributed by atoms with Crippen LogP contribution in [0.3, 0.4) is 0 Å². The first-order chi connectivity index (χ1) is 10.1. The van der Waals surface area contributed by atoms with Crippen LogP contribution in [0.5, 0.6) is 0 Å². The van der Waals surface area contributed by atoms with Crippen LogP contribution < -0.4 is 0 Å². The molecule has 0 bridgehead atoms. The minimum Gasteiger partial charge on any atom is -0.0683 e. The molecule has 2 rings (SSSR count). The number of aryl methyl sites for hydroxylation is 1. The van der Waals surface area contributed by atoms with E-state index in [1.165, 1.54) is 22.3 Å². The van der Waals surface area contributed by atoms with Gasteiger partial charge in [-0.05, 0) is 41.9 Å². The van der Waals surface area contributed by atoms with Gasteiger partial charge in [-0.15, -0.1) is 0 Å². The van der Waals surface area contributed by atoms with E-state index >= 15 is 0 Å². The first-order valence-electron chi connectivity index (χ1n) is 8.21. The maximum atomic E-state index is 2.31. The first kappa shape index (κ1) is 17.5. The molecule has 0 heteroatoms. The third-order valence-corrected chi connectivity index (χ3v) is 3.80. The highest BCUT2D eigenvalue weighted by Crippen LogP contribution is 2.22. The van der Waals surface area contributed by atoms with Crippen molar-refractivity contribution < 1.29 is 0 Å². The molecule has 1 unspecified atom stereocenters. The Balaban J connectivity index is 0.00000106. The zero-order chi connectivity index (χ0) is 15.8. The summed E-state index contributed by atoms with van der Waals surface area (Å²) >= 11 is 0. The minimum atomic E-state index is 0.574. The second-order valence-electron chi connectivity index (χ2n) is 5.92. The molecule has 0 heterocycles. The average molecular weight is 282 g/mol. The van der Waals surface area contributed by atoms with Crippen molar-refractivity contribution in [1.29, 1.82) is 0 Å². The molecule has 114 valence electrons. The standard InChI is InChI=1S/C19H24.C2H6/c1-14(2)18-10-8-17(9-11-18)13-16(4)19-7-5-6-15(3)12-19;1-2/h5-12,14,16H,13H2,1-4H3;1-2H3. The van der Waals surface area contributed by atoms with Crippen LogP contribution >= 0.6 is 0 Å². The predicted molar refractivity (Wildman–Crippen MR) is 95.2 cm³/mol. The molecule has 0 aliphatic heterocycles. The monoisotopic (exact) mass is 282 g/mol. The topological polar surface area (TPSA) is 0 Å². The summed E-state index contributed by atoms with van der Waals surface area (Å²) in [5.41, 5.74) is 5.64. The summed E-state index contributed by atoms with van der Waals surface area (Å²) in [5.74, 6) is 1.19. The highest BCUT2D eigenvalue weighted by molar-refractivity contribution is 5.29. The van der Waals surface area contributed by atoms with Gasteiger partial charge in [-0.2, -0.15) is 0 Å². The molecular formula is C21H30. The molecule has 0 spiro atoms. The van der Waals surface area contributed by atoms with Crippen molar-refractivity contribution in [1.82, 2.24) is 0 Å². The lowest BCUT2D eigenvalue weighted by molar-refractivity contribution is 0.757. The van der Waals surface area contributed by atoms with Gasteiger partial charge in [0.05, 0.1) is 0 Å². The SMILES string of the molecule is CC.Cc1cccc(C(C)Cc2ccc(C(C)C)cc2)c1. The second-order valence-corrected chi connectivity index (χ2v) is 5.92. The smallest absolute Gasteiger partial charge is 0.0150 e. The van der Waals surface area contributed by atoms with E-state index in [4.69, 9.17) is 0 Å². The van der Waals surface area contributed by atoms with E-state index in [2.05, 4.69) is 76.2 Å². The van der Waals surface area contributed by atoms with E-state index in [-0.39, 0.29) is 0 Å². The molecular weight excluding hydrogens is 252 g/mol. The number of hydrogen-bond donors (Lipinski definition) is 0. The summed E-state index contributed by atoms with van der Waals surface area (Å²) in [6, 6.07) is 17.9. The Kier molecular flexibility index (Phi) is 7.22. The Morgan fingerprint density at radius 3 is 1.95 bits per heavy atom. The lowest BCUT2D eigenvalue weighted by atomic mass is 9.92. The predicted octanol–water partition coefficient (Wildman–Crippen LogP) is 6.49. The summed E-state index contributed by atoms with van der Waals surface area (Å²) in [6.45, 7) is 13.0. The fraction of sp³-hybridized carbons (Fsp3) is 0.429. The van der Waals surface area contributed by atoms with E-state index in [9.17, 15) is 0 Å². The van der Waals surface area contributed by atoms with Gasteiger partial charge < -0.3 is 0 Å². The summed E-state index contributed by atoms with van der Waals surface area (Å²) in [4.78, 5) is 0. The Morgan fingerprint density at radius 1 is 0.810 bits per heavy atom. The molecule has 0 aliphatic rings. The first-order valence-corrected chi connectivity index (χ1v) is 8.21. The molecule has 0 aromatic heterocycles. The summed E-state index contributed by atoms with van der Waals surface area (Å²) in [5, 5.41) is 0. The van der Waals surface area contributed by atoms with Crippen molar-refractivity contribution in [3.05, 3.63) is 70.8 Å². The normalized spacial score (nSPS) is 11.8. The summed E-state index contributed by atoms with van der Waals surface area (Å²) in [6.07, 6.45) is 1.11. The van der Waals surface area contributed by atoms with Gasteiger partial charge in [0, 0.05) is 0 Å². The van der Waals surface area contributed by atoms with Crippen molar-refractivity contribution >= 4 is 0 Å². The van der Waals surface area contributed by atoms with Crippen LogP contribution in [0.4, 0.5) is 0 Å². The molecule has 21 heavy (non-hydrogen) atoms. The van der Waals surface area contributed by atoms with Crippen LogP contribution in [-0.2, 0) is 6.42 Å². The minimum absolute atomic E-state index is 0.574. The number of benzene rings is 2. The van der Waals surface area contributed by atoms with Gasteiger partial charge in [-0.25, -0.2) is 0 Å². The van der Waals surface area contributed by atoms with Gasteiger partial charge in [-0.3, -0.25) is 0 Å². The Bertz CT molecular complexity index is 520. The van der Waals surface area contributed by atoms with Gasteiger partial charge in [-0.1, -0.05) is 88.7 Å². The van der Waals surface area contributed by atoms with E-state index in [1.807, 2.05) is 13.8 Å². The van der Waals surface area contributed by atoms with Crippen molar-refractivity contribution in [2.75, 3.05) is 0 Å². The quantitative estimate of drug-likeness (QED) is 0.601. The number of hydrogen-bond acceptors (Lipinski definition) is 0. The summed E-state index contributed by atoms with van der Waals surface area (Å²) < 4.78 is 0. The molecule has 1 atom stereocenters. The van der Waals surface area contributed by atoms with Gasteiger partial charge in [0.1, 0.15) is 0 Å². The molecule has 0 nitrogen and oxygen atoms in total. The molecule has 0 aliphatic carbocycles. The zero-order valence-corrected chi connectivity index (χ0v) is 14.5. The van der Waals surface area contributed by atoms with Crippen molar-refractivity contribution in [3.8, 4) is 0 Å². The summed E-state index contributed by atoms with van der Waals surface area (Å²) in [7, 11) is 0. The Morgan fingerprint density at radius 2 is 1.43 bits per heavy atom. The van der Waals surface area contributed by atoms with Crippen LogP contribution in [-0.4, -0.2) is 0 Å².